The highest BCUT2D eigenvalue weighted by molar-refractivity contribution is 7.25. The standard InChI is InChI=1S/C45H28N4S/c1-3-11-29(12-4-1)30-19-21-32(22-20-30)44-46-43(31-13-5-2-6-14-31)47-45(48-44)33-23-25-37-38-26-24-34(28-42(38)50-41(37)27-33)49-39-17-9-7-15-35(39)36-16-8-10-18-40(36)49/h1-28H. The lowest BCUT2D eigenvalue weighted by Gasteiger charge is -2.09. The molecule has 0 aliphatic rings. The van der Waals surface area contributed by atoms with Crippen LogP contribution in [0.4, 0.5) is 0 Å². The number of rotatable bonds is 5. The molecule has 0 spiro atoms. The molecule has 0 radical (unpaired) electrons. The van der Waals surface area contributed by atoms with Gasteiger partial charge in [0.25, 0.3) is 0 Å². The van der Waals surface area contributed by atoms with Gasteiger partial charge in [0.1, 0.15) is 0 Å². The third kappa shape index (κ3) is 4.79. The zero-order valence-corrected chi connectivity index (χ0v) is 27.7. The SMILES string of the molecule is c1ccc(-c2ccc(-c3nc(-c4ccccc4)nc(-c4ccc5c(c4)sc4cc(-n6c7ccccc7c7ccccc76)ccc45)n3)cc2)cc1. The van der Waals surface area contributed by atoms with Crippen LogP contribution in [0.15, 0.2) is 170 Å². The molecular weight excluding hydrogens is 629 g/mol. The van der Waals surface area contributed by atoms with Crippen molar-refractivity contribution in [3.05, 3.63) is 170 Å². The van der Waals surface area contributed by atoms with E-state index in [0.29, 0.717) is 17.5 Å². The number of para-hydroxylation sites is 2. The van der Waals surface area contributed by atoms with E-state index in [9.17, 15) is 0 Å². The van der Waals surface area contributed by atoms with Crippen molar-refractivity contribution in [2.45, 2.75) is 0 Å². The second-order valence-corrected chi connectivity index (χ2v) is 13.6. The van der Waals surface area contributed by atoms with E-state index in [2.05, 4.69) is 138 Å². The average molecular weight is 657 g/mol. The van der Waals surface area contributed by atoms with Gasteiger partial charge < -0.3 is 4.57 Å². The number of hydrogen-bond acceptors (Lipinski definition) is 4. The highest BCUT2D eigenvalue weighted by Crippen LogP contribution is 2.39. The quantitative estimate of drug-likeness (QED) is 0.185. The van der Waals surface area contributed by atoms with Gasteiger partial charge in [-0.1, -0.05) is 140 Å². The first-order valence-corrected chi connectivity index (χ1v) is 17.5. The molecule has 0 amide bonds. The second-order valence-electron chi connectivity index (χ2n) is 12.5. The summed E-state index contributed by atoms with van der Waals surface area (Å²) in [4.78, 5) is 15.0. The molecule has 7 aromatic carbocycles. The number of thiophene rings is 1. The van der Waals surface area contributed by atoms with Crippen molar-refractivity contribution in [3.63, 3.8) is 0 Å². The Bertz CT molecular complexity index is 2800. The number of benzene rings is 7. The molecule has 10 rings (SSSR count). The molecule has 0 N–H and O–H groups in total. The van der Waals surface area contributed by atoms with Crippen molar-refractivity contribution in [3.8, 4) is 51.0 Å². The van der Waals surface area contributed by atoms with Crippen molar-refractivity contribution in [1.29, 1.82) is 0 Å². The molecule has 0 aliphatic heterocycles. The number of nitrogens with zero attached hydrogens (tertiary/aromatic N) is 4. The highest BCUT2D eigenvalue weighted by Gasteiger charge is 2.16. The molecule has 3 aromatic heterocycles. The summed E-state index contributed by atoms with van der Waals surface area (Å²) in [5, 5.41) is 5.02. The zero-order valence-electron chi connectivity index (χ0n) is 26.9. The molecule has 0 saturated heterocycles. The van der Waals surface area contributed by atoms with Gasteiger partial charge in [-0.25, -0.2) is 15.0 Å². The molecule has 0 unspecified atom stereocenters. The lowest BCUT2D eigenvalue weighted by molar-refractivity contribution is 1.07. The van der Waals surface area contributed by atoms with Crippen LogP contribution in [0.5, 0.6) is 0 Å². The van der Waals surface area contributed by atoms with Crippen molar-refractivity contribution < 1.29 is 0 Å². The van der Waals surface area contributed by atoms with Crippen LogP contribution in [0.2, 0.25) is 0 Å². The first-order valence-electron chi connectivity index (χ1n) is 16.7. The Morgan fingerprint density at radius 1 is 0.340 bits per heavy atom. The van der Waals surface area contributed by atoms with Gasteiger partial charge in [-0.3, -0.25) is 0 Å². The van der Waals surface area contributed by atoms with E-state index in [1.807, 2.05) is 47.7 Å². The van der Waals surface area contributed by atoms with Crippen LogP contribution >= 0.6 is 11.3 Å². The van der Waals surface area contributed by atoms with Crippen LogP contribution in [-0.2, 0) is 0 Å². The van der Waals surface area contributed by atoms with E-state index in [-0.39, 0.29) is 0 Å². The Morgan fingerprint density at radius 2 is 0.780 bits per heavy atom. The maximum atomic E-state index is 5.05. The molecule has 5 heteroatoms. The topological polar surface area (TPSA) is 43.6 Å². The number of aromatic nitrogens is 4. The van der Waals surface area contributed by atoms with Gasteiger partial charge in [-0.05, 0) is 41.5 Å². The normalized spacial score (nSPS) is 11.6. The molecule has 4 nitrogen and oxygen atoms in total. The lowest BCUT2D eigenvalue weighted by Crippen LogP contribution is -2.00. The molecule has 10 aromatic rings. The van der Waals surface area contributed by atoms with Crippen molar-refractivity contribution in [2.24, 2.45) is 0 Å². The van der Waals surface area contributed by atoms with Gasteiger partial charge >= 0.3 is 0 Å². The smallest absolute Gasteiger partial charge is 0.164 e. The lowest BCUT2D eigenvalue weighted by atomic mass is 10.0. The zero-order chi connectivity index (χ0) is 33.0. The third-order valence-corrected chi connectivity index (χ3v) is 10.6. The Hall–Kier alpha value is -6.43. The fourth-order valence-electron chi connectivity index (χ4n) is 7.04. The molecule has 0 aliphatic carbocycles. The van der Waals surface area contributed by atoms with Gasteiger partial charge in [0, 0.05) is 53.3 Å². The van der Waals surface area contributed by atoms with Gasteiger partial charge in [0.2, 0.25) is 0 Å². The minimum Gasteiger partial charge on any atom is -0.309 e. The van der Waals surface area contributed by atoms with Crippen LogP contribution in [0.1, 0.15) is 0 Å². The van der Waals surface area contributed by atoms with E-state index < -0.39 is 0 Å². The summed E-state index contributed by atoms with van der Waals surface area (Å²) in [7, 11) is 0. The summed E-state index contributed by atoms with van der Waals surface area (Å²) in [6.07, 6.45) is 0. The summed E-state index contributed by atoms with van der Waals surface area (Å²) in [6, 6.07) is 59.7. The van der Waals surface area contributed by atoms with Crippen LogP contribution in [0.25, 0.3) is 93.0 Å². The molecule has 234 valence electrons. The molecule has 3 heterocycles. The summed E-state index contributed by atoms with van der Waals surface area (Å²) < 4.78 is 4.83. The van der Waals surface area contributed by atoms with E-state index in [0.717, 1.165) is 27.9 Å². The molecule has 0 fully saturated rings. The Morgan fingerprint density at radius 3 is 1.42 bits per heavy atom. The average Bonchev–Trinajstić information content (AvgIpc) is 3.73. The molecular formula is C45H28N4S. The minimum absolute atomic E-state index is 0.653. The van der Waals surface area contributed by atoms with Crippen LogP contribution < -0.4 is 0 Å². The predicted molar refractivity (Wildman–Crippen MR) is 209 cm³/mol. The van der Waals surface area contributed by atoms with Gasteiger partial charge in [0.15, 0.2) is 17.5 Å². The maximum Gasteiger partial charge on any atom is 0.164 e. The van der Waals surface area contributed by atoms with E-state index in [1.165, 1.54) is 47.5 Å². The van der Waals surface area contributed by atoms with Crippen molar-refractivity contribution in [1.82, 2.24) is 19.5 Å². The maximum absolute atomic E-state index is 5.05. The molecule has 0 atom stereocenters. The Kier molecular flexibility index (Phi) is 6.64. The first kappa shape index (κ1) is 28.6. The largest absolute Gasteiger partial charge is 0.309 e. The Labute approximate surface area is 292 Å². The molecule has 0 bridgehead atoms. The third-order valence-electron chi connectivity index (χ3n) is 9.47. The Balaban J connectivity index is 1.08. The number of hydrogen-bond donors (Lipinski definition) is 0. The van der Waals surface area contributed by atoms with Crippen molar-refractivity contribution in [2.75, 3.05) is 0 Å². The van der Waals surface area contributed by atoms with Gasteiger partial charge in [0.05, 0.1) is 11.0 Å². The van der Waals surface area contributed by atoms with Crippen LogP contribution in [0.3, 0.4) is 0 Å². The number of fused-ring (bicyclic) bond motifs is 6. The monoisotopic (exact) mass is 656 g/mol. The summed E-state index contributed by atoms with van der Waals surface area (Å²) >= 11 is 1.81. The summed E-state index contributed by atoms with van der Waals surface area (Å²) in [5.74, 6) is 1.97. The minimum atomic E-state index is 0.653. The molecule has 0 saturated carbocycles. The second kappa shape index (κ2) is 11.6. The fourth-order valence-corrected chi connectivity index (χ4v) is 8.22. The van der Waals surface area contributed by atoms with Crippen molar-refractivity contribution >= 4 is 53.3 Å². The van der Waals surface area contributed by atoms with Crippen LogP contribution in [0, 0.1) is 0 Å². The van der Waals surface area contributed by atoms with Gasteiger partial charge in [-0.15, -0.1) is 11.3 Å². The first-order chi connectivity index (χ1) is 24.8. The van der Waals surface area contributed by atoms with Crippen LogP contribution in [-0.4, -0.2) is 19.5 Å². The van der Waals surface area contributed by atoms with Gasteiger partial charge in [-0.2, -0.15) is 0 Å². The molecule has 50 heavy (non-hydrogen) atoms. The van der Waals surface area contributed by atoms with E-state index >= 15 is 0 Å². The predicted octanol–water partition coefficient (Wildman–Crippen LogP) is 12.0. The highest BCUT2D eigenvalue weighted by atomic mass is 32.1. The fraction of sp³-hybridized carbons (Fsp3) is 0. The summed E-state index contributed by atoms with van der Waals surface area (Å²) in [5.41, 5.74) is 8.80. The van der Waals surface area contributed by atoms with E-state index in [1.54, 1.807) is 0 Å². The van der Waals surface area contributed by atoms with E-state index in [4.69, 9.17) is 15.0 Å². The summed E-state index contributed by atoms with van der Waals surface area (Å²) in [6.45, 7) is 0.